The van der Waals surface area contributed by atoms with Crippen molar-refractivity contribution in [3.63, 3.8) is 0 Å². The molecule has 0 heterocycles. The lowest BCUT2D eigenvalue weighted by Crippen LogP contribution is -2.05. The van der Waals surface area contributed by atoms with E-state index in [-0.39, 0.29) is 0 Å². The van der Waals surface area contributed by atoms with Crippen molar-refractivity contribution < 1.29 is 4.79 Å². The summed E-state index contributed by atoms with van der Waals surface area (Å²) in [5.41, 5.74) is 0. The zero-order valence-electron chi connectivity index (χ0n) is 11.4. The molecule has 0 aromatic heterocycles. The van der Waals surface area contributed by atoms with E-state index in [0.717, 1.165) is 12.3 Å². The fraction of sp³-hybridized carbons (Fsp3) is 0.938. The fourth-order valence-electron chi connectivity index (χ4n) is 2.99. The van der Waals surface area contributed by atoms with E-state index >= 15 is 0 Å². The van der Waals surface area contributed by atoms with Crippen molar-refractivity contribution >= 4 is 6.29 Å². The molecule has 0 N–H and O–H groups in total. The largest absolute Gasteiger partial charge is 0.291 e. The zero-order valence-corrected chi connectivity index (χ0v) is 11.4. The highest BCUT2D eigenvalue weighted by Crippen LogP contribution is 2.28. The Morgan fingerprint density at radius 1 is 0.765 bits per heavy atom. The molecule has 1 nitrogen and oxygen atoms in total. The molecule has 99 valence electrons. The van der Waals surface area contributed by atoms with Gasteiger partial charge in [-0.1, -0.05) is 77.0 Å². The predicted octanol–water partition coefficient (Wildman–Crippen LogP) is 5.19. The van der Waals surface area contributed by atoms with Gasteiger partial charge in [-0.2, -0.15) is 0 Å². The maximum absolute atomic E-state index is 10.0. The van der Waals surface area contributed by atoms with Gasteiger partial charge in [-0.3, -0.25) is 4.79 Å². The summed E-state index contributed by atoms with van der Waals surface area (Å²) in [6, 6.07) is 0. The lowest BCUT2D eigenvalue weighted by atomic mass is 9.85. The average Bonchev–Trinajstić information content (AvgIpc) is 2.38. The van der Waals surface area contributed by atoms with E-state index in [1.54, 1.807) is 0 Å². The Hall–Kier alpha value is -0.330. The molecule has 0 aliphatic heterocycles. The smallest absolute Gasteiger partial charge is 0.198 e. The van der Waals surface area contributed by atoms with E-state index in [2.05, 4.69) is 0 Å². The first-order valence-electron chi connectivity index (χ1n) is 7.78. The van der Waals surface area contributed by atoms with Gasteiger partial charge in [0.1, 0.15) is 0 Å². The maximum Gasteiger partial charge on any atom is 0.198 e. The second kappa shape index (κ2) is 10.8. The van der Waals surface area contributed by atoms with Gasteiger partial charge in [-0.25, -0.2) is 0 Å². The molecule has 0 aromatic carbocycles. The van der Waals surface area contributed by atoms with E-state index in [9.17, 15) is 4.79 Å². The molecule has 1 aliphatic carbocycles. The highest BCUT2D eigenvalue weighted by Gasteiger charge is 2.12. The summed E-state index contributed by atoms with van der Waals surface area (Å²) in [4.78, 5) is 10.0. The second-order valence-electron chi connectivity index (χ2n) is 5.66. The van der Waals surface area contributed by atoms with Crippen LogP contribution in [0.3, 0.4) is 0 Å². The van der Waals surface area contributed by atoms with Crippen LogP contribution in [0.2, 0.25) is 0 Å². The summed E-state index contributed by atoms with van der Waals surface area (Å²) in [6.07, 6.45) is 20.8. The SMILES string of the molecule is O=[C]CCCCCCCCCC1CCCCC1. The third-order valence-corrected chi connectivity index (χ3v) is 4.12. The van der Waals surface area contributed by atoms with Gasteiger partial charge in [0.25, 0.3) is 0 Å². The van der Waals surface area contributed by atoms with Gasteiger partial charge in [0, 0.05) is 6.42 Å². The van der Waals surface area contributed by atoms with Crippen molar-refractivity contribution in [3.8, 4) is 0 Å². The maximum atomic E-state index is 10.0. The highest BCUT2D eigenvalue weighted by atomic mass is 16.1. The normalized spacial score (nSPS) is 17.2. The topological polar surface area (TPSA) is 17.1 Å². The summed E-state index contributed by atoms with van der Waals surface area (Å²) in [7, 11) is 0. The molecule has 0 amide bonds. The van der Waals surface area contributed by atoms with E-state index in [4.69, 9.17) is 0 Å². The molecule has 17 heavy (non-hydrogen) atoms. The van der Waals surface area contributed by atoms with Crippen LogP contribution >= 0.6 is 0 Å². The molecule has 1 heteroatoms. The Balaban J connectivity index is 1.76. The summed E-state index contributed by atoms with van der Waals surface area (Å²) < 4.78 is 0. The summed E-state index contributed by atoms with van der Waals surface area (Å²) >= 11 is 0. The van der Waals surface area contributed by atoms with Gasteiger partial charge in [0.15, 0.2) is 6.29 Å². The lowest BCUT2D eigenvalue weighted by molar-refractivity contribution is 0.328. The molecule has 1 saturated carbocycles. The van der Waals surface area contributed by atoms with Crippen LogP contribution in [0.1, 0.15) is 89.9 Å². The molecule has 0 atom stereocenters. The van der Waals surface area contributed by atoms with Gasteiger partial charge in [0.05, 0.1) is 0 Å². The van der Waals surface area contributed by atoms with E-state index in [0.29, 0.717) is 6.42 Å². The van der Waals surface area contributed by atoms with Crippen molar-refractivity contribution in [2.75, 3.05) is 0 Å². The van der Waals surface area contributed by atoms with Crippen LogP contribution in [0.15, 0.2) is 0 Å². The number of hydrogen-bond acceptors (Lipinski definition) is 1. The Morgan fingerprint density at radius 3 is 2.00 bits per heavy atom. The molecule has 0 saturated heterocycles. The second-order valence-corrected chi connectivity index (χ2v) is 5.66. The molecule has 0 unspecified atom stereocenters. The molecule has 1 aliphatic rings. The van der Waals surface area contributed by atoms with Crippen LogP contribution in [-0.4, -0.2) is 6.29 Å². The third-order valence-electron chi connectivity index (χ3n) is 4.12. The predicted molar refractivity (Wildman–Crippen MR) is 73.8 cm³/mol. The van der Waals surface area contributed by atoms with Crippen molar-refractivity contribution in [2.24, 2.45) is 5.92 Å². The van der Waals surface area contributed by atoms with Gasteiger partial charge < -0.3 is 0 Å². The quantitative estimate of drug-likeness (QED) is 0.478. The molecule has 0 aromatic rings. The Bertz CT molecular complexity index is 170. The average molecular weight is 237 g/mol. The molecule has 1 fully saturated rings. The van der Waals surface area contributed by atoms with E-state index < -0.39 is 0 Å². The number of unbranched alkanes of at least 4 members (excludes halogenated alkanes) is 7. The fourth-order valence-corrected chi connectivity index (χ4v) is 2.99. The molecule has 1 radical (unpaired) electrons. The minimum Gasteiger partial charge on any atom is -0.291 e. The third kappa shape index (κ3) is 8.40. The summed E-state index contributed by atoms with van der Waals surface area (Å²) in [5.74, 6) is 1.06. The molecule has 1 rings (SSSR count). The minimum atomic E-state index is 0.641. The number of rotatable bonds is 10. The van der Waals surface area contributed by atoms with Gasteiger partial charge in [-0.15, -0.1) is 0 Å². The first-order chi connectivity index (χ1) is 8.43. The Labute approximate surface area is 107 Å². The van der Waals surface area contributed by atoms with Crippen LogP contribution in [0.25, 0.3) is 0 Å². The lowest BCUT2D eigenvalue weighted by Gasteiger charge is -2.21. The standard InChI is InChI=1S/C16H29O/c17-15-11-6-4-2-1-3-5-8-12-16-13-9-7-10-14-16/h16H,1-14H2. The van der Waals surface area contributed by atoms with Crippen molar-refractivity contribution in [1.29, 1.82) is 0 Å². The van der Waals surface area contributed by atoms with Crippen molar-refractivity contribution in [2.45, 2.75) is 89.9 Å². The van der Waals surface area contributed by atoms with Gasteiger partial charge in [-0.05, 0) is 12.3 Å². The van der Waals surface area contributed by atoms with Gasteiger partial charge in [0.2, 0.25) is 0 Å². The summed E-state index contributed by atoms with van der Waals surface area (Å²) in [6.45, 7) is 0. The zero-order chi connectivity index (χ0) is 12.2. The van der Waals surface area contributed by atoms with Crippen LogP contribution < -0.4 is 0 Å². The molecule has 0 bridgehead atoms. The highest BCUT2D eigenvalue weighted by molar-refractivity contribution is 5.50. The molecular formula is C16H29O. The Kier molecular flexibility index (Phi) is 9.36. The summed E-state index contributed by atoms with van der Waals surface area (Å²) in [5, 5.41) is 0. The van der Waals surface area contributed by atoms with Crippen LogP contribution in [0, 0.1) is 5.92 Å². The molecule has 0 spiro atoms. The van der Waals surface area contributed by atoms with Crippen LogP contribution in [0.5, 0.6) is 0 Å². The van der Waals surface area contributed by atoms with Crippen molar-refractivity contribution in [1.82, 2.24) is 0 Å². The monoisotopic (exact) mass is 237 g/mol. The number of carbonyl (C=O) groups excluding carboxylic acids is 1. The Morgan fingerprint density at radius 2 is 1.35 bits per heavy atom. The van der Waals surface area contributed by atoms with E-state index in [1.807, 2.05) is 6.29 Å². The van der Waals surface area contributed by atoms with Crippen LogP contribution in [0.4, 0.5) is 0 Å². The van der Waals surface area contributed by atoms with Crippen LogP contribution in [-0.2, 0) is 4.79 Å². The van der Waals surface area contributed by atoms with E-state index in [1.165, 1.54) is 77.0 Å². The first kappa shape index (κ1) is 14.7. The van der Waals surface area contributed by atoms with Gasteiger partial charge >= 0.3 is 0 Å². The van der Waals surface area contributed by atoms with Crippen molar-refractivity contribution in [3.05, 3.63) is 0 Å². The molecular weight excluding hydrogens is 208 g/mol. The minimum absolute atomic E-state index is 0.641. The first-order valence-corrected chi connectivity index (χ1v) is 7.78. The number of hydrogen-bond donors (Lipinski definition) is 0.